The molecule has 0 unspecified atom stereocenters. The number of amides is 1. The molecule has 0 saturated carbocycles. The van der Waals surface area contributed by atoms with Crippen LogP contribution in [0.3, 0.4) is 0 Å². The van der Waals surface area contributed by atoms with E-state index in [0.29, 0.717) is 5.75 Å². The van der Waals surface area contributed by atoms with Crippen LogP contribution < -0.4 is 10.1 Å². The summed E-state index contributed by atoms with van der Waals surface area (Å²) in [5.41, 5.74) is 3.67. The van der Waals surface area contributed by atoms with Crippen molar-refractivity contribution in [3.8, 4) is 5.75 Å². The smallest absolute Gasteiger partial charge is 0.311 e. The van der Waals surface area contributed by atoms with E-state index < -0.39 is 4.92 Å². The van der Waals surface area contributed by atoms with Crippen LogP contribution >= 0.6 is 11.8 Å². The molecule has 0 fully saturated rings. The highest BCUT2D eigenvalue weighted by molar-refractivity contribution is 7.99. The molecule has 6 nitrogen and oxygen atoms in total. The average Bonchev–Trinajstić information content (AvgIpc) is 2.57. The lowest BCUT2D eigenvalue weighted by molar-refractivity contribution is -0.385. The van der Waals surface area contributed by atoms with Gasteiger partial charge in [-0.15, -0.1) is 11.8 Å². The van der Waals surface area contributed by atoms with Crippen molar-refractivity contribution in [2.75, 3.05) is 18.2 Å². The predicted molar refractivity (Wildman–Crippen MR) is 100 cm³/mol. The van der Waals surface area contributed by atoms with Crippen molar-refractivity contribution in [1.82, 2.24) is 0 Å². The molecule has 0 saturated heterocycles. The number of nitrogens with one attached hydrogen (secondary N) is 1. The van der Waals surface area contributed by atoms with Gasteiger partial charge in [-0.05, 0) is 37.1 Å². The first-order chi connectivity index (χ1) is 11.9. The number of ether oxygens (including phenoxy) is 1. The van der Waals surface area contributed by atoms with Crippen LogP contribution in [0.15, 0.2) is 36.4 Å². The Morgan fingerprint density at radius 3 is 2.64 bits per heavy atom. The number of methoxy groups -OCH3 is 1. The third-order valence-electron chi connectivity index (χ3n) is 3.60. The van der Waals surface area contributed by atoms with Crippen LogP contribution in [-0.2, 0) is 10.5 Å². The molecule has 0 bridgehead atoms. The molecular weight excluding hydrogens is 340 g/mol. The number of carbonyl (C=O) groups excluding carboxylic acids is 1. The van der Waals surface area contributed by atoms with Crippen LogP contribution in [0.5, 0.6) is 5.75 Å². The summed E-state index contributed by atoms with van der Waals surface area (Å²) in [6, 6.07) is 10.7. The molecule has 0 atom stereocenters. The van der Waals surface area contributed by atoms with E-state index in [1.807, 2.05) is 32.0 Å². The van der Waals surface area contributed by atoms with E-state index in [9.17, 15) is 14.9 Å². The lowest BCUT2D eigenvalue weighted by atomic mass is 10.1. The standard InChI is InChI=1S/C18H20N2O4S/c1-12-4-6-15(13(2)8-12)19-18(21)11-25-10-14-5-7-17(24-3)16(9-14)20(22)23/h4-9H,10-11H2,1-3H3,(H,19,21). The molecule has 0 aliphatic heterocycles. The first-order valence-electron chi connectivity index (χ1n) is 7.67. The Morgan fingerprint density at radius 1 is 1.24 bits per heavy atom. The summed E-state index contributed by atoms with van der Waals surface area (Å²) in [6.45, 7) is 3.95. The van der Waals surface area contributed by atoms with E-state index in [4.69, 9.17) is 4.74 Å². The van der Waals surface area contributed by atoms with Gasteiger partial charge in [0.05, 0.1) is 17.8 Å². The van der Waals surface area contributed by atoms with Gasteiger partial charge in [-0.3, -0.25) is 14.9 Å². The van der Waals surface area contributed by atoms with E-state index in [-0.39, 0.29) is 23.1 Å². The molecule has 7 heteroatoms. The zero-order valence-electron chi connectivity index (χ0n) is 14.4. The molecule has 1 amide bonds. The first-order valence-corrected chi connectivity index (χ1v) is 8.82. The van der Waals surface area contributed by atoms with E-state index >= 15 is 0 Å². The van der Waals surface area contributed by atoms with Crippen LogP contribution in [0.25, 0.3) is 0 Å². The number of nitrogens with zero attached hydrogens (tertiary/aromatic N) is 1. The van der Waals surface area contributed by atoms with E-state index in [1.165, 1.54) is 24.9 Å². The fourth-order valence-electron chi connectivity index (χ4n) is 2.37. The normalized spacial score (nSPS) is 10.4. The fourth-order valence-corrected chi connectivity index (χ4v) is 3.14. The second-order valence-electron chi connectivity index (χ2n) is 5.62. The number of anilines is 1. The Bertz CT molecular complexity index is 793. The van der Waals surface area contributed by atoms with Crippen LogP contribution in [0.4, 0.5) is 11.4 Å². The number of thioether (sulfide) groups is 1. The molecule has 0 aliphatic carbocycles. The number of aryl methyl sites for hydroxylation is 2. The SMILES string of the molecule is COc1ccc(CSCC(=O)Nc2ccc(C)cc2C)cc1[N+](=O)[O-]. The second-order valence-corrected chi connectivity index (χ2v) is 6.61. The molecular formula is C18H20N2O4S. The van der Waals surface area contributed by atoms with E-state index in [1.54, 1.807) is 12.1 Å². The number of nitro benzene ring substituents is 1. The summed E-state index contributed by atoms with van der Waals surface area (Å²) >= 11 is 1.40. The van der Waals surface area contributed by atoms with Crippen molar-refractivity contribution in [3.05, 3.63) is 63.2 Å². The number of carbonyl (C=O) groups is 1. The molecule has 2 aromatic carbocycles. The third kappa shape index (κ3) is 5.22. The van der Waals surface area contributed by atoms with Crippen LogP contribution in [0.1, 0.15) is 16.7 Å². The van der Waals surface area contributed by atoms with Crippen LogP contribution in [0.2, 0.25) is 0 Å². The van der Waals surface area contributed by atoms with Crippen LogP contribution in [0, 0.1) is 24.0 Å². The summed E-state index contributed by atoms with van der Waals surface area (Å²) in [7, 11) is 1.40. The summed E-state index contributed by atoms with van der Waals surface area (Å²) in [5.74, 6) is 0.907. The van der Waals surface area contributed by atoms with Gasteiger partial charge in [0.15, 0.2) is 5.75 Å². The lowest BCUT2D eigenvalue weighted by Crippen LogP contribution is -2.15. The third-order valence-corrected chi connectivity index (χ3v) is 4.60. The molecule has 25 heavy (non-hydrogen) atoms. The van der Waals surface area contributed by atoms with Crippen molar-refractivity contribution in [1.29, 1.82) is 0 Å². The number of hydrogen-bond acceptors (Lipinski definition) is 5. The van der Waals surface area contributed by atoms with Gasteiger partial charge in [0, 0.05) is 17.5 Å². The van der Waals surface area contributed by atoms with Crippen LogP contribution in [-0.4, -0.2) is 23.7 Å². The maximum absolute atomic E-state index is 12.1. The minimum absolute atomic E-state index is 0.0691. The number of nitro groups is 1. The molecule has 0 heterocycles. The van der Waals surface area contributed by atoms with Crippen molar-refractivity contribution >= 4 is 29.0 Å². The first kappa shape index (κ1) is 18.8. The number of benzene rings is 2. The predicted octanol–water partition coefficient (Wildman–Crippen LogP) is 4.09. The Labute approximate surface area is 150 Å². The quantitative estimate of drug-likeness (QED) is 0.594. The summed E-state index contributed by atoms with van der Waals surface area (Å²) in [6.07, 6.45) is 0. The second kappa shape index (κ2) is 8.53. The monoisotopic (exact) mass is 360 g/mol. The van der Waals surface area contributed by atoms with Crippen molar-refractivity contribution in [2.45, 2.75) is 19.6 Å². The molecule has 0 spiro atoms. The Hall–Kier alpha value is -2.54. The van der Waals surface area contributed by atoms with E-state index in [2.05, 4.69) is 5.32 Å². The Balaban J connectivity index is 1.91. The minimum Gasteiger partial charge on any atom is -0.490 e. The molecule has 2 rings (SSSR count). The van der Waals surface area contributed by atoms with Gasteiger partial charge in [-0.25, -0.2) is 0 Å². The van der Waals surface area contributed by atoms with Gasteiger partial charge < -0.3 is 10.1 Å². The highest BCUT2D eigenvalue weighted by Gasteiger charge is 2.15. The Morgan fingerprint density at radius 2 is 2.00 bits per heavy atom. The number of hydrogen-bond donors (Lipinski definition) is 1. The van der Waals surface area contributed by atoms with Crippen molar-refractivity contribution < 1.29 is 14.5 Å². The van der Waals surface area contributed by atoms with E-state index in [0.717, 1.165) is 22.4 Å². The maximum Gasteiger partial charge on any atom is 0.311 e. The minimum atomic E-state index is -0.472. The van der Waals surface area contributed by atoms with Gasteiger partial charge in [0.2, 0.25) is 5.91 Å². The molecule has 0 radical (unpaired) electrons. The average molecular weight is 360 g/mol. The zero-order chi connectivity index (χ0) is 18.4. The van der Waals surface area contributed by atoms with Gasteiger partial charge in [0.1, 0.15) is 0 Å². The molecule has 0 aromatic heterocycles. The summed E-state index contributed by atoms with van der Waals surface area (Å²) in [4.78, 5) is 22.6. The zero-order valence-corrected chi connectivity index (χ0v) is 15.2. The van der Waals surface area contributed by atoms with Gasteiger partial charge in [0.25, 0.3) is 0 Å². The maximum atomic E-state index is 12.1. The molecule has 1 N–H and O–H groups in total. The number of rotatable bonds is 7. The lowest BCUT2D eigenvalue weighted by Gasteiger charge is -2.09. The topological polar surface area (TPSA) is 81.5 Å². The molecule has 2 aromatic rings. The largest absolute Gasteiger partial charge is 0.490 e. The van der Waals surface area contributed by atoms with Crippen molar-refractivity contribution in [2.24, 2.45) is 0 Å². The summed E-state index contributed by atoms with van der Waals surface area (Å²) in [5, 5.41) is 13.9. The fraction of sp³-hybridized carbons (Fsp3) is 0.278. The van der Waals surface area contributed by atoms with Gasteiger partial charge >= 0.3 is 5.69 Å². The highest BCUT2D eigenvalue weighted by Crippen LogP contribution is 2.29. The van der Waals surface area contributed by atoms with Gasteiger partial charge in [-0.1, -0.05) is 23.8 Å². The Kier molecular flexibility index (Phi) is 6.41. The van der Waals surface area contributed by atoms with Gasteiger partial charge in [-0.2, -0.15) is 0 Å². The molecule has 0 aliphatic rings. The molecule has 132 valence electrons. The van der Waals surface area contributed by atoms with Crippen molar-refractivity contribution in [3.63, 3.8) is 0 Å². The highest BCUT2D eigenvalue weighted by atomic mass is 32.2. The summed E-state index contributed by atoms with van der Waals surface area (Å²) < 4.78 is 4.98.